The zero-order valence-electron chi connectivity index (χ0n) is 44.4. The number of benzene rings is 2. The average Bonchev–Trinajstić information content (AvgIpc) is 3.84. The molecule has 0 unspecified atom stereocenters. The van der Waals surface area contributed by atoms with Gasteiger partial charge in [-0.25, -0.2) is 9.59 Å². The molecular weight excluding hydrogens is 937 g/mol. The average molecular weight is 1010 g/mol. The van der Waals surface area contributed by atoms with Crippen LogP contribution < -0.4 is 20.1 Å². The minimum Gasteiger partial charge on any atom is -0.481 e. The first-order chi connectivity index (χ1) is 34.4. The molecule has 2 spiro atoms. The van der Waals surface area contributed by atoms with Crippen molar-refractivity contribution in [1.29, 1.82) is 0 Å². The predicted molar refractivity (Wildman–Crippen MR) is 268 cm³/mol. The fourth-order valence-electron chi connectivity index (χ4n) is 13.3. The topological polar surface area (TPSA) is 201 Å². The van der Waals surface area contributed by atoms with Gasteiger partial charge in [-0.15, -0.1) is 0 Å². The first-order valence-corrected chi connectivity index (χ1v) is 26.1. The van der Waals surface area contributed by atoms with Gasteiger partial charge in [0.2, 0.25) is 0 Å². The van der Waals surface area contributed by atoms with Crippen LogP contribution in [-0.4, -0.2) is 132 Å². The highest BCUT2D eigenvalue weighted by Gasteiger charge is 2.75. The Bertz CT molecular complexity index is 2650. The summed E-state index contributed by atoms with van der Waals surface area (Å²) in [5, 5.41) is 17.3. The number of carbonyl (C=O) groups is 5. The Hall–Kier alpha value is -5.65. The van der Waals surface area contributed by atoms with Gasteiger partial charge < -0.3 is 53.8 Å². The summed E-state index contributed by atoms with van der Waals surface area (Å²) in [4.78, 5) is 67.1. The fraction of sp³-hybridized carbons (Fsp3) is 0.625. The van der Waals surface area contributed by atoms with Crippen LogP contribution in [-0.2, 0) is 61.7 Å². The standard InChI is InChI=1S/C30H40N2O7.C26H34N2O6/c1-7-8-23(34)38-30-13-11-20(36-22(33)12-15-31-27(35)39-28(3,4)5)26-29(30)14-16-32(6)21(30)17-19-10-9-18(2)25(37-26)24(19)29;1-15-6-7-16-14-18-26(31)10-8-17(32-19(29)9-12-27-23(30)34-24(2,3)4)22-25(26,11-13-28(18)5)20(16)21(15)33-22/h9-11,21,26H,7-8,12-17H2,1-6H3,(H,31,35);6-8,18,22,31H,9-14H2,1-5H3,(H,27,30)/t21-,26+,29+,30-;18-,22+,25+,26-/m11/s1. The molecule has 17 heteroatoms. The maximum absolute atomic E-state index is 13.1. The summed E-state index contributed by atoms with van der Waals surface area (Å²) < 4.78 is 41.9. The minimum absolute atomic E-state index is 0.00313. The first-order valence-electron chi connectivity index (χ1n) is 26.1. The molecule has 3 N–H and O–H groups in total. The molecule has 10 rings (SSSR count). The zero-order valence-corrected chi connectivity index (χ0v) is 44.4. The maximum Gasteiger partial charge on any atom is 0.407 e. The second-order valence-corrected chi connectivity index (χ2v) is 23.3. The lowest BCUT2D eigenvalue weighted by Crippen LogP contribution is -2.75. The van der Waals surface area contributed by atoms with E-state index in [4.69, 9.17) is 33.2 Å². The van der Waals surface area contributed by atoms with Gasteiger partial charge in [0.1, 0.15) is 39.8 Å². The van der Waals surface area contributed by atoms with Crippen LogP contribution in [0.15, 0.2) is 47.9 Å². The van der Waals surface area contributed by atoms with E-state index in [1.807, 2.05) is 32.9 Å². The van der Waals surface area contributed by atoms with Gasteiger partial charge in [-0.3, -0.25) is 19.3 Å². The second kappa shape index (κ2) is 18.9. The van der Waals surface area contributed by atoms with Crippen LogP contribution >= 0.6 is 0 Å². The Morgan fingerprint density at radius 2 is 1.14 bits per heavy atom. The van der Waals surface area contributed by atoms with Crippen LogP contribution in [0.25, 0.3) is 0 Å². The molecule has 2 fully saturated rings. The second-order valence-electron chi connectivity index (χ2n) is 23.3. The summed E-state index contributed by atoms with van der Waals surface area (Å²) in [6.07, 6.45) is 6.23. The summed E-state index contributed by atoms with van der Waals surface area (Å²) in [5.74, 6) is 1.40. The number of hydrogen-bond donors (Lipinski definition) is 3. The molecule has 4 bridgehead atoms. The lowest BCUT2D eigenvalue weighted by Gasteiger charge is -2.62. The van der Waals surface area contributed by atoms with Crippen molar-refractivity contribution >= 4 is 30.1 Å². The number of hydrogen-bond acceptors (Lipinski definition) is 15. The number of carbonyl (C=O) groups excluding carboxylic acids is 5. The van der Waals surface area contributed by atoms with E-state index < -0.39 is 69.6 Å². The van der Waals surface area contributed by atoms with E-state index in [2.05, 4.69) is 58.8 Å². The van der Waals surface area contributed by atoms with Crippen molar-refractivity contribution in [1.82, 2.24) is 20.4 Å². The molecule has 8 atom stereocenters. The molecule has 4 aliphatic heterocycles. The lowest BCUT2D eigenvalue weighted by molar-refractivity contribution is -0.206. The molecule has 0 saturated carbocycles. The van der Waals surface area contributed by atoms with Crippen LogP contribution in [0.5, 0.6) is 11.5 Å². The first kappa shape index (κ1) is 52.2. The van der Waals surface area contributed by atoms with E-state index in [9.17, 15) is 29.1 Å². The highest BCUT2D eigenvalue weighted by Crippen LogP contribution is 2.67. The van der Waals surface area contributed by atoms with E-state index in [-0.39, 0.29) is 44.0 Å². The van der Waals surface area contributed by atoms with Crippen molar-refractivity contribution in [2.45, 2.75) is 184 Å². The minimum atomic E-state index is -0.995. The molecule has 2 aromatic carbocycles. The number of ether oxygens (including phenoxy) is 7. The summed E-state index contributed by atoms with van der Waals surface area (Å²) in [6, 6.07) is 8.41. The Morgan fingerprint density at radius 1 is 0.671 bits per heavy atom. The lowest BCUT2D eigenvalue weighted by atomic mass is 9.50. The van der Waals surface area contributed by atoms with Crippen LogP contribution in [0.1, 0.15) is 133 Å². The van der Waals surface area contributed by atoms with Crippen molar-refractivity contribution < 1.29 is 62.2 Å². The predicted octanol–water partition coefficient (Wildman–Crippen LogP) is 6.81. The van der Waals surface area contributed by atoms with E-state index in [1.165, 1.54) is 11.1 Å². The van der Waals surface area contributed by atoms with Gasteiger partial charge >= 0.3 is 30.1 Å². The third-order valence-corrected chi connectivity index (χ3v) is 16.3. The number of esters is 3. The number of nitrogens with one attached hydrogen (secondary N) is 2. The van der Waals surface area contributed by atoms with Gasteiger partial charge in [-0.05, 0) is 149 Å². The van der Waals surface area contributed by atoms with Gasteiger partial charge in [0.15, 0.2) is 12.2 Å². The fourth-order valence-corrected chi connectivity index (χ4v) is 13.3. The van der Waals surface area contributed by atoms with Crippen molar-refractivity contribution in [2.24, 2.45) is 0 Å². The summed E-state index contributed by atoms with van der Waals surface area (Å²) in [6.45, 7) is 18.5. The molecule has 0 aromatic heterocycles. The number of amides is 2. The summed E-state index contributed by atoms with van der Waals surface area (Å²) in [5.41, 5.74) is 2.30. The zero-order chi connectivity index (χ0) is 52.6. The number of alkyl carbamates (subject to hydrolysis) is 2. The Kier molecular flexibility index (Phi) is 13.5. The SMILES string of the molecule is CCCC(=O)O[C@@]12CC=C(OC(=O)CCNC(=O)OC(C)(C)C)[C@@H]3Oc4c(C)ccc5c4[C@@]31CCN(C)[C@@H]2C5.Cc1ccc2c3c1O[C@H]1C(OC(=O)CCNC(=O)OC(C)(C)C)=CC[C@@]4(O)[C@@H](C2)N(C)CC[C@]314. The molecule has 2 amide bonds. The van der Waals surface area contributed by atoms with Crippen molar-refractivity contribution in [3.63, 3.8) is 0 Å². The third-order valence-electron chi connectivity index (χ3n) is 16.3. The molecule has 4 heterocycles. The van der Waals surface area contributed by atoms with E-state index in [1.54, 1.807) is 41.5 Å². The molecule has 2 aromatic rings. The number of likely N-dealkylation sites (N-methyl/N-ethyl adjacent to an activating group) is 2. The summed E-state index contributed by atoms with van der Waals surface area (Å²) >= 11 is 0. The monoisotopic (exact) mass is 1010 g/mol. The Morgan fingerprint density at radius 3 is 1.66 bits per heavy atom. The maximum atomic E-state index is 13.1. The van der Waals surface area contributed by atoms with Crippen LogP contribution in [0.4, 0.5) is 9.59 Å². The van der Waals surface area contributed by atoms with E-state index in [0.29, 0.717) is 43.6 Å². The van der Waals surface area contributed by atoms with Gasteiger partial charge in [0.25, 0.3) is 0 Å². The Balaban J connectivity index is 0.000000181. The molecule has 8 aliphatic rings. The quantitative estimate of drug-likeness (QED) is 0.156. The van der Waals surface area contributed by atoms with E-state index >= 15 is 0 Å². The molecule has 73 heavy (non-hydrogen) atoms. The van der Waals surface area contributed by atoms with E-state index in [0.717, 1.165) is 66.1 Å². The molecular formula is C56H74N4O13. The normalized spacial score (nSPS) is 29.8. The molecule has 17 nitrogen and oxygen atoms in total. The smallest absolute Gasteiger partial charge is 0.407 e. The molecule has 396 valence electrons. The molecule has 4 aliphatic carbocycles. The number of aliphatic hydroxyl groups is 1. The van der Waals surface area contributed by atoms with Gasteiger partial charge in [0.05, 0.1) is 35.3 Å². The number of aryl methyl sites for hydroxylation is 2. The summed E-state index contributed by atoms with van der Waals surface area (Å²) in [7, 11) is 4.16. The number of rotatable bonds is 11. The van der Waals surface area contributed by atoms with Gasteiger partial charge in [-0.1, -0.05) is 31.2 Å². The van der Waals surface area contributed by atoms with Crippen molar-refractivity contribution in [3.8, 4) is 11.5 Å². The highest BCUT2D eigenvalue weighted by molar-refractivity contribution is 5.75. The van der Waals surface area contributed by atoms with Crippen LogP contribution in [0.2, 0.25) is 0 Å². The van der Waals surface area contributed by atoms with Crippen molar-refractivity contribution in [2.75, 3.05) is 40.3 Å². The Labute approximate surface area is 428 Å². The van der Waals surface area contributed by atoms with Gasteiger partial charge in [-0.2, -0.15) is 0 Å². The number of likely N-dealkylation sites (tertiary alicyclic amines) is 2. The molecule has 2 saturated heterocycles. The van der Waals surface area contributed by atoms with Crippen molar-refractivity contribution in [3.05, 3.63) is 81.3 Å². The highest BCUT2D eigenvalue weighted by atomic mass is 16.6. The number of piperidine rings is 2. The third kappa shape index (κ3) is 8.83. The molecule has 0 radical (unpaired) electrons. The largest absolute Gasteiger partial charge is 0.481 e. The van der Waals surface area contributed by atoms with Crippen LogP contribution in [0.3, 0.4) is 0 Å². The van der Waals surface area contributed by atoms with Gasteiger partial charge in [0, 0.05) is 49.5 Å². The van der Waals surface area contributed by atoms with Crippen LogP contribution in [0, 0.1) is 13.8 Å². The number of nitrogens with zero attached hydrogens (tertiary/aromatic N) is 2.